The van der Waals surface area contributed by atoms with Crippen molar-refractivity contribution in [3.8, 4) is 0 Å². The maximum absolute atomic E-state index is 9.71. The molecule has 1 aliphatic rings. The van der Waals surface area contributed by atoms with Crippen LogP contribution in [0.5, 0.6) is 0 Å². The van der Waals surface area contributed by atoms with Gasteiger partial charge < -0.3 is 5.11 Å². The zero-order valence-electron chi connectivity index (χ0n) is 11.2. The van der Waals surface area contributed by atoms with Gasteiger partial charge in [-0.1, -0.05) is 37.6 Å². The Balaban J connectivity index is 2.56. The first kappa shape index (κ1) is 13.5. The van der Waals surface area contributed by atoms with Gasteiger partial charge in [0.2, 0.25) is 0 Å². The summed E-state index contributed by atoms with van der Waals surface area (Å²) in [5, 5.41) is 9.71. The summed E-state index contributed by atoms with van der Waals surface area (Å²) in [5.41, 5.74) is 2.83. The third-order valence-corrected chi connectivity index (χ3v) is 4.02. The molecular formula is C15H26O. The molecule has 0 fully saturated rings. The molecule has 0 radical (unpaired) electrons. The molecule has 0 heterocycles. The van der Waals surface area contributed by atoms with Gasteiger partial charge in [-0.25, -0.2) is 0 Å². The normalized spacial score (nSPS) is 23.8. The van der Waals surface area contributed by atoms with E-state index in [4.69, 9.17) is 0 Å². The van der Waals surface area contributed by atoms with Gasteiger partial charge in [-0.2, -0.15) is 0 Å². The monoisotopic (exact) mass is 222 g/mol. The molecule has 0 saturated heterocycles. The standard InChI is InChI=1S/C15H26O/c1-11(2)14-8-6-13(7-9-14)10-15(4,5)12(3)16/h6,12,14,16H,1,7-10H2,2-5H3/t12?,14-/m1/s1. The van der Waals surface area contributed by atoms with E-state index in [0.717, 1.165) is 12.8 Å². The Labute approximate surface area is 100 Å². The number of hydrogen-bond donors (Lipinski definition) is 1. The van der Waals surface area contributed by atoms with E-state index in [1.165, 1.54) is 24.0 Å². The number of allylic oxidation sites excluding steroid dienone is 3. The van der Waals surface area contributed by atoms with E-state index in [-0.39, 0.29) is 11.5 Å². The van der Waals surface area contributed by atoms with Crippen LogP contribution >= 0.6 is 0 Å². The van der Waals surface area contributed by atoms with E-state index < -0.39 is 0 Å². The van der Waals surface area contributed by atoms with Crippen LogP contribution in [0.4, 0.5) is 0 Å². The number of aliphatic hydroxyl groups excluding tert-OH is 1. The summed E-state index contributed by atoms with van der Waals surface area (Å²) in [5.74, 6) is 0.679. The molecule has 1 nitrogen and oxygen atoms in total. The van der Waals surface area contributed by atoms with Crippen molar-refractivity contribution in [2.75, 3.05) is 0 Å². The first-order valence-corrected chi connectivity index (χ1v) is 6.34. The minimum absolute atomic E-state index is 0.00188. The van der Waals surface area contributed by atoms with Gasteiger partial charge in [-0.05, 0) is 50.9 Å². The molecule has 0 aromatic rings. The second-order valence-corrected chi connectivity index (χ2v) is 6.02. The van der Waals surface area contributed by atoms with Gasteiger partial charge >= 0.3 is 0 Å². The van der Waals surface area contributed by atoms with Gasteiger partial charge in [-0.3, -0.25) is 0 Å². The van der Waals surface area contributed by atoms with E-state index in [1.807, 2.05) is 6.92 Å². The van der Waals surface area contributed by atoms with Crippen molar-refractivity contribution in [1.82, 2.24) is 0 Å². The van der Waals surface area contributed by atoms with Crippen molar-refractivity contribution in [2.45, 2.75) is 59.5 Å². The van der Waals surface area contributed by atoms with Gasteiger partial charge in [0.25, 0.3) is 0 Å². The molecule has 0 saturated carbocycles. The van der Waals surface area contributed by atoms with Gasteiger partial charge in [0.05, 0.1) is 6.10 Å². The Bertz CT molecular complexity index is 284. The lowest BCUT2D eigenvalue weighted by Gasteiger charge is -2.31. The predicted molar refractivity (Wildman–Crippen MR) is 70.3 cm³/mol. The van der Waals surface area contributed by atoms with Crippen molar-refractivity contribution in [3.63, 3.8) is 0 Å². The molecule has 1 heteroatoms. The molecule has 2 atom stereocenters. The molecule has 0 aromatic heterocycles. The SMILES string of the molecule is C=C(C)[C@@H]1CC=C(CC(C)(C)C(C)O)CC1. The molecule has 0 bridgehead atoms. The molecule has 0 amide bonds. The second-order valence-electron chi connectivity index (χ2n) is 6.02. The lowest BCUT2D eigenvalue weighted by Crippen LogP contribution is -2.27. The van der Waals surface area contributed by atoms with Crippen molar-refractivity contribution in [2.24, 2.45) is 11.3 Å². The molecule has 1 rings (SSSR count). The van der Waals surface area contributed by atoms with E-state index in [2.05, 4.69) is 33.4 Å². The number of aliphatic hydroxyl groups is 1. The highest BCUT2D eigenvalue weighted by Crippen LogP contribution is 2.36. The number of hydrogen-bond acceptors (Lipinski definition) is 1. The van der Waals surface area contributed by atoms with Gasteiger partial charge in [0.1, 0.15) is 0 Å². The first-order valence-electron chi connectivity index (χ1n) is 6.34. The molecule has 1 N–H and O–H groups in total. The van der Waals surface area contributed by atoms with E-state index in [9.17, 15) is 5.11 Å². The van der Waals surface area contributed by atoms with Gasteiger partial charge in [0.15, 0.2) is 0 Å². The van der Waals surface area contributed by atoms with Crippen LogP contribution in [-0.2, 0) is 0 Å². The van der Waals surface area contributed by atoms with E-state index >= 15 is 0 Å². The van der Waals surface area contributed by atoms with E-state index in [1.54, 1.807) is 0 Å². The third kappa shape index (κ3) is 3.48. The summed E-state index contributed by atoms with van der Waals surface area (Å²) in [6.07, 6.45) is 6.69. The predicted octanol–water partition coefficient (Wildman–Crippen LogP) is 4.09. The Morgan fingerprint density at radius 1 is 1.62 bits per heavy atom. The van der Waals surface area contributed by atoms with Crippen LogP contribution in [0.15, 0.2) is 23.8 Å². The fourth-order valence-corrected chi connectivity index (χ4v) is 2.23. The van der Waals surface area contributed by atoms with Crippen LogP contribution in [0.1, 0.15) is 53.4 Å². The quantitative estimate of drug-likeness (QED) is 0.710. The summed E-state index contributed by atoms with van der Waals surface area (Å²) >= 11 is 0. The average Bonchev–Trinajstić information content (AvgIpc) is 2.17. The second kappa shape index (κ2) is 5.18. The summed E-state index contributed by atoms with van der Waals surface area (Å²) < 4.78 is 0. The van der Waals surface area contributed by atoms with Crippen LogP contribution in [0.25, 0.3) is 0 Å². The van der Waals surface area contributed by atoms with Crippen LogP contribution in [0, 0.1) is 11.3 Å². The molecule has 0 aromatic carbocycles. The molecule has 1 aliphatic carbocycles. The topological polar surface area (TPSA) is 20.2 Å². The maximum atomic E-state index is 9.71. The minimum atomic E-state index is -0.243. The highest BCUT2D eigenvalue weighted by Gasteiger charge is 2.26. The smallest absolute Gasteiger partial charge is 0.0566 e. The Kier molecular flexibility index (Phi) is 4.37. The minimum Gasteiger partial charge on any atom is -0.393 e. The highest BCUT2D eigenvalue weighted by molar-refractivity contribution is 5.13. The third-order valence-electron chi connectivity index (χ3n) is 4.02. The van der Waals surface area contributed by atoms with Crippen LogP contribution in [-0.4, -0.2) is 11.2 Å². The Morgan fingerprint density at radius 2 is 2.25 bits per heavy atom. The maximum Gasteiger partial charge on any atom is 0.0566 e. The van der Waals surface area contributed by atoms with Crippen LogP contribution in [0.3, 0.4) is 0 Å². The first-order chi connectivity index (χ1) is 7.33. The molecule has 92 valence electrons. The summed E-state index contributed by atoms with van der Waals surface area (Å²) in [7, 11) is 0. The molecule has 16 heavy (non-hydrogen) atoms. The molecule has 1 unspecified atom stereocenters. The van der Waals surface area contributed by atoms with Crippen molar-refractivity contribution < 1.29 is 5.11 Å². The van der Waals surface area contributed by atoms with Gasteiger partial charge in [0, 0.05) is 0 Å². The van der Waals surface area contributed by atoms with Gasteiger partial charge in [-0.15, -0.1) is 0 Å². The summed E-state index contributed by atoms with van der Waals surface area (Å²) in [6.45, 7) is 12.3. The summed E-state index contributed by atoms with van der Waals surface area (Å²) in [6, 6.07) is 0. The Hall–Kier alpha value is -0.560. The van der Waals surface area contributed by atoms with Crippen molar-refractivity contribution in [3.05, 3.63) is 23.8 Å². The average molecular weight is 222 g/mol. The van der Waals surface area contributed by atoms with Crippen LogP contribution in [0.2, 0.25) is 0 Å². The largest absolute Gasteiger partial charge is 0.393 e. The number of rotatable bonds is 4. The Morgan fingerprint density at radius 3 is 2.62 bits per heavy atom. The zero-order valence-corrected chi connectivity index (χ0v) is 11.2. The molecular weight excluding hydrogens is 196 g/mol. The fourth-order valence-electron chi connectivity index (χ4n) is 2.23. The lowest BCUT2D eigenvalue weighted by atomic mass is 9.76. The fraction of sp³-hybridized carbons (Fsp3) is 0.733. The van der Waals surface area contributed by atoms with Crippen molar-refractivity contribution >= 4 is 0 Å². The lowest BCUT2D eigenvalue weighted by molar-refractivity contribution is 0.0655. The van der Waals surface area contributed by atoms with Crippen LogP contribution < -0.4 is 0 Å². The van der Waals surface area contributed by atoms with Crippen molar-refractivity contribution in [1.29, 1.82) is 0 Å². The zero-order chi connectivity index (χ0) is 12.3. The highest BCUT2D eigenvalue weighted by atomic mass is 16.3. The van der Waals surface area contributed by atoms with E-state index in [0.29, 0.717) is 5.92 Å². The molecule has 0 aliphatic heterocycles. The summed E-state index contributed by atoms with van der Waals surface area (Å²) in [4.78, 5) is 0. The molecule has 0 spiro atoms.